The van der Waals surface area contributed by atoms with Crippen LogP contribution in [0, 0.1) is 6.92 Å². The number of nitrogens with one attached hydrogen (secondary N) is 1. The summed E-state index contributed by atoms with van der Waals surface area (Å²) < 4.78 is 4.79. The highest BCUT2D eigenvalue weighted by atomic mass is 16.5. The molecule has 0 unspecified atom stereocenters. The first kappa shape index (κ1) is 16.0. The van der Waals surface area contributed by atoms with Crippen molar-refractivity contribution in [3.8, 4) is 0 Å². The summed E-state index contributed by atoms with van der Waals surface area (Å²) in [6.07, 6.45) is 0.189. The number of hydrogen-bond acceptors (Lipinski definition) is 4. The summed E-state index contributed by atoms with van der Waals surface area (Å²) in [6, 6.07) is 5.53. The van der Waals surface area contributed by atoms with Crippen molar-refractivity contribution < 1.29 is 14.3 Å². The average Bonchev–Trinajstić information content (AvgIpc) is 2.38. The molecule has 1 aromatic rings. The molecule has 0 bridgehead atoms. The van der Waals surface area contributed by atoms with Gasteiger partial charge in [-0.1, -0.05) is 0 Å². The van der Waals surface area contributed by atoms with E-state index in [2.05, 4.69) is 5.32 Å². The van der Waals surface area contributed by atoms with Crippen LogP contribution in [-0.4, -0.2) is 39.1 Å². The zero-order valence-electron chi connectivity index (χ0n) is 12.5. The molecule has 0 radical (unpaired) electrons. The zero-order chi connectivity index (χ0) is 15.1. The van der Waals surface area contributed by atoms with E-state index in [0.29, 0.717) is 12.2 Å². The van der Waals surface area contributed by atoms with Gasteiger partial charge in [-0.2, -0.15) is 0 Å². The lowest BCUT2D eigenvalue weighted by Crippen LogP contribution is -2.26. The van der Waals surface area contributed by atoms with Crippen LogP contribution in [0.4, 0.5) is 5.69 Å². The monoisotopic (exact) mass is 278 g/mol. The Morgan fingerprint density at radius 1 is 1.30 bits per heavy atom. The smallest absolute Gasteiger partial charge is 0.307 e. The number of rotatable bonds is 6. The Bertz CT molecular complexity index is 484. The number of benzene rings is 1. The molecule has 0 aromatic heterocycles. The number of esters is 1. The topological polar surface area (TPSA) is 58.6 Å². The van der Waals surface area contributed by atoms with Crippen LogP contribution >= 0.6 is 0 Å². The van der Waals surface area contributed by atoms with Crippen LogP contribution < -0.4 is 10.2 Å². The minimum Gasteiger partial charge on any atom is -0.466 e. The quantitative estimate of drug-likeness (QED) is 0.805. The zero-order valence-corrected chi connectivity index (χ0v) is 12.5. The van der Waals surface area contributed by atoms with E-state index in [0.717, 1.165) is 11.3 Å². The number of carbonyl (C=O) groups excluding carboxylic acids is 2. The number of amides is 1. The van der Waals surface area contributed by atoms with Crippen molar-refractivity contribution in [2.75, 3.05) is 32.1 Å². The van der Waals surface area contributed by atoms with Crippen molar-refractivity contribution in [1.82, 2.24) is 5.32 Å². The Morgan fingerprint density at radius 3 is 2.55 bits per heavy atom. The lowest BCUT2D eigenvalue weighted by Gasteiger charge is -2.16. The van der Waals surface area contributed by atoms with Crippen molar-refractivity contribution in [2.45, 2.75) is 20.3 Å². The van der Waals surface area contributed by atoms with Crippen molar-refractivity contribution >= 4 is 17.6 Å². The van der Waals surface area contributed by atoms with Gasteiger partial charge in [0.1, 0.15) is 0 Å². The van der Waals surface area contributed by atoms with Crippen LogP contribution in [0.25, 0.3) is 0 Å². The molecule has 110 valence electrons. The Labute approximate surface area is 119 Å². The minimum atomic E-state index is -0.299. The molecule has 0 saturated carbocycles. The Hall–Kier alpha value is -2.04. The Morgan fingerprint density at radius 2 is 2.00 bits per heavy atom. The van der Waals surface area contributed by atoms with Gasteiger partial charge in [0.25, 0.3) is 5.91 Å². The molecule has 0 atom stereocenters. The maximum absolute atomic E-state index is 11.9. The molecule has 0 saturated heterocycles. The molecule has 1 amide bonds. The number of nitrogens with zero attached hydrogens (tertiary/aromatic N) is 1. The van der Waals surface area contributed by atoms with Crippen LogP contribution in [-0.2, 0) is 9.53 Å². The van der Waals surface area contributed by atoms with E-state index in [9.17, 15) is 9.59 Å². The highest BCUT2D eigenvalue weighted by Gasteiger charge is 2.09. The third-order valence-corrected chi connectivity index (χ3v) is 2.86. The van der Waals surface area contributed by atoms with Crippen LogP contribution in [0.2, 0.25) is 0 Å². The first-order valence-electron chi connectivity index (χ1n) is 6.67. The van der Waals surface area contributed by atoms with E-state index in [1.54, 1.807) is 13.0 Å². The summed E-state index contributed by atoms with van der Waals surface area (Å²) >= 11 is 0. The Kier molecular flexibility index (Phi) is 6.03. The van der Waals surface area contributed by atoms with Gasteiger partial charge in [0.2, 0.25) is 0 Å². The summed E-state index contributed by atoms with van der Waals surface area (Å²) in [7, 11) is 3.92. The lowest BCUT2D eigenvalue weighted by molar-refractivity contribution is -0.142. The lowest BCUT2D eigenvalue weighted by atomic mass is 10.1. The normalized spacial score (nSPS) is 10.0. The predicted molar refractivity (Wildman–Crippen MR) is 79.1 cm³/mol. The van der Waals surface area contributed by atoms with Crippen molar-refractivity contribution in [1.29, 1.82) is 0 Å². The maximum Gasteiger partial charge on any atom is 0.307 e. The fourth-order valence-corrected chi connectivity index (χ4v) is 1.91. The van der Waals surface area contributed by atoms with Gasteiger partial charge in [-0.25, -0.2) is 0 Å². The molecule has 0 aliphatic rings. The van der Waals surface area contributed by atoms with Gasteiger partial charge < -0.3 is 15.0 Å². The van der Waals surface area contributed by atoms with Crippen LogP contribution in [0.3, 0.4) is 0 Å². The number of aryl methyl sites for hydroxylation is 1. The first-order valence-corrected chi connectivity index (χ1v) is 6.67. The van der Waals surface area contributed by atoms with Crippen molar-refractivity contribution in [3.63, 3.8) is 0 Å². The maximum atomic E-state index is 11.9. The highest BCUT2D eigenvalue weighted by Crippen LogP contribution is 2.18. The van der Waals surface area contributed by atoms with Crippen molar-refractivity contribution in [2.24, 2.45) is 0 Å². The number of hydrogen-bond donors (Lipinski definition) is 1. The van der Waals surface area contributed by atoms with Gasteiger partial charge in [0.05, 0.1) is 13.0 Å². The standard InChI is InChI=1S/C15H22N2O3/c1-5-20-14(18)8-9-16-15(19)12-6-7-13(17(3)4)11(2)10-12/h6-7,10H,5,8-9H2,1-4H3,(H,16,19). The molecule has 5 heteroatoms. The van der Waals surface area contributed by atoms with Crippen LogP contribution in [0.1, 0.15) is 29.3 Å². The highest BCUT2D eigenvalue weighted by molar-refractivity contribution is 5.95. The van der Waals surface area contributed by atoms with Gasteiger partial charge in [-0.3, -0.25) is 9.59 Å². The van der Waals surface area contributed by atoms with E-state index in [-0.39, 0.29) is 24.8 Å². The molecule has 1 aromatic carbocycles. The third kappa shape index (κ3) is 4.57. The second kappa shape index (κ2) is 7.53. The Balaban J connectivity index is 2.56. The molecule has 1 rings (SSSR count). The fourth-order valence-electron chi connectivity index (χ4n) is 1.91. The summed E-state index contributed by atoms with van der Waals surface area (Å²) in [6.45, 7) is 4.36. The summed E-state index contributed by atoms with van der Waals surface area (Å²) in [5.74, 6) is -0.477. The first-order chi connectivity index (χ1) is 9.45. The second-order valence-corrected chi connectivity index (χ2v) is 4.71. The van der Waals surface area contributed by atoms with Gasteiger partial charge in [0, 0.05) is 31.9 Å². The summed E-state index contributed by atoms with van der Waals surface area (Å²) in [5.41, 5.74) is 2.71. The van der Waals surface area contributed by atoms with E-state index in [1.807, 2.05) is 38.1 Å². The van der Waals surface area contributed by atoms with Crippen LogP contribution in [0.5, 0.6) is 0 Å². The molecular weight excluding hydrogens is 256 g/mol. The second-order valence-electron chi connectivity index (χ2n) is 4.71. The largest absolute Gasteiger partial charge is 0.466 e. The van der Waals surface area contributed by atoms with Crippen LogP contribution in [0.15, 0.2) is 18.2 Å². The van der Waals surface area contributed by atoms with E-state index in [4.69, 9.17) is 4.74 Å². The minimum absolute atomic E-state index is 0.178. The van der Waals surface area contributed by atoms with E-state index >= 15 is 0 Å². The van der Waals surface area contributed by atoms with E-state index < -0.39 is 0 Å². The molecule has 1 N–H and O–H groups in total. The summed E-state index contributed by atoms with van der Waals surface area (Å²) in [4.78, 5) is 25.1. The number of anilines is 1. The number of ether oxygens (including phenoxy) is 1. The molecular formula is C15H22N2O3. The molecule has 0 aliphatic heterocycles. The van der Waals surface area contributed by atoms with E-state index in [1.165, 1.54) is 0 Å². The average molecular weight is 278 g/mol. The van der Waals surface area contributed by atoms with Gasteiger partial charge in [-0.15, -0.1) is 0 Å². The molecule has 0 fully saturated rings. The number of carbonyl (C=O) groups is 2. The SMILES string of the molecule is CCOC(=O)CCNC(=O)c1ccc(N(C)C)c(C)c1. The third-order valence-electron chi connectivity index (χ3n) is 2.86. The molecule has 5 nitrogen and oxygen atoms in total. The van der Waals surface area contributed by atoms with Gasteiger partial charge in [0.15, 0.2) is 0 Å². The molecule has 0 heterocycles. The predicted octanol–water partition coefficient (Wildman–Crippen LogP) is 1.74. The van der Waals surface area contributed by atoms with Crippen molar-refractivity contribution in [3.05, 3.63) is 29.3 Å². The molecule has 0 spiro atoms. The molecule has 0 aliphatic carbocycles. The summed E-state index contributed by atoms with van der Waals surface area (Å²) in [5, 5.41) is 2.71. The molecule has 20 heavy (non-hydrogen) atoms. The fraction of sp³-hybridized carbons (Fsp3) is 0.467. The van der Waals surface area contributed by atoms with Gasteiger partial charge in [-0.05, 0) is 37.6 Å². The van der Waals surface area contributed by atoms with Gasteiger partial charge >= 0.3 is 5.97 Å².